The first-order valence-corrected chi connectivity index (χ1v) is 9.63. The lowest BCUT2D eigenvalue weighted by Gasteiger charge is -2.30. The van der Waals surface area contributed by atoms with Gasteiger partial charge in [0.05, 0.1) is 13.2 Å². The van der Waals surface area contributed by atoms with Gasteiger partial charge in [0.15, 0.2) is 6.79 Å². The molecule has 26 heavy (non-hydrogen) atoms. The number of hydrogen-bond donors (Lipinski definition) is 1. The largest absolute Gasteiger partial charge is 0.467 e. The number of aryl methyl sites for hydroxylation is 1. The fraction of sp³-hybridized carbons (Fsp3) is 0.727. The van der Waals surface area contributed by atoms with Crippen molar-refractivity contribution in [2.45, 2.75) is 65.2 Å². The summed E-state index contributed by atoms with van der Waals surface area (Å²) in [4.78, 5) is 0. The molecule has 0 saturated heterocycles. The van der Waals surface area contributed by atoms with E-state index in [1.807, 2.05) is 7.05 Å². The first kappa shape index (κ1) is 22.9. The van der Waals surface area contributed by atoms with Crippen molar-refractivity contribution in [3.05, 3.63) is 28.8 Å². The fourth-order valence-corrected chi connectivity index (χ4v) is 2.87. The van der Waals surface area contributed by atoms with E-state index in [9.17, 15) is 0 Å². The molecular formula is C22H39NO3. The Bertz CT molecular complexity index is 506. The molecule has 0 aliphatic carbocycles. The highest BCUT2D eigenvalue weighted by molar-refractivity contribution is 5.51. The molecule has 0 saturated carbocycles. The van der Waals surface area contributed by atoms with Gasteiger partial charge in [-0.1, -0.05) is 53.7 Å². The van der Waals surface area contributed by atoms with Gasteiger partial charge < -0.3 is 19.5 Å². The lowest BCUT2D eigenvalue weighted by molar-refractivity contribution is -0.00993. The van der Waals surface area contributed by atoms with Crippen LogP contribution >= 0.6 is 0 Å². The van der Waals surface area contributed by atoms with Gasteiger partial charge in [-0.05, 0) is 42.8 Å². The average Bonchev–Trinajstić information content (AvgIpc) is 2.53. The quantitative estimate of drug-likeness (QED) is 0.492. The van der Waals surface area contributed by atoms with Crippen molar-refractivity contribution in [2.75, 3.05) is 40.7 Å². The molecule has 4 heteroatoms. The Morgan fingerprint density at radius 3 is 1.96 bits per heavy atom. The van der Waals surface area contributed by atoms with E-state index in [1.165, 1.54) is 16.7 Å². The average molecular weight is 366 g/mol. The van der Waals surface area contributed by atoms with Crippen LogP contribution in [-0.4, -0.2) is 40.7 Å². The van der Waals surface area contributed by atoms with Gasteiger partial charge in [0, 0.05) is 18.2 Å². The van der Waals surface area contributed by atoms with Crippen LogP contribution in [-0.2, 0) is 26.7 Å². The molecule has 1 N–H and O–H groups in total. The van der Waals surface area contributed by atoms with Gasteiger partial charge in [-0.15, -0.1) is 0 Å². The summed E-state index contributed by atoms with van der Waals surface area (Å²) in [6.07, 6.45) is 2.20. The monoisotopic (exact) mass is 365 g/mol. The molecule has 0 heterocycles. The second kappa shape index (κ2) is 10.3. The molecule has 0 unspecified atom stereocenters. The second-order valence-corrected chi connectivity index (χ2v) is 8.89. The lowest BCUT2D eigenvalue weighted by atomic mass is 9.78. The van der Waals surface area contributed by atoms with Crippen LogP contribution in [0.5, 0.6) is 5.75 Å². The summed E-state index contributed by atoms with van der Waals surface area (Å²) in [5.74, 6) is 0.972. The van der Waals surface area contributed by atoms with E-state index < -0.39 is 0 Å². The molecule has 0 atom stereocenters. The maximum absolute atomic E-state index is 6.16. The third-order valence-corrected chi connectivity index (χ3v) is 4.38. The molecule has 1 aromatic carbocycles. The molecule has 1 aromatic rings. The Hall–Kier alpha value is -1.10. The zero-order valence-corrected chi connectivity index (χ0v) is 18.1. The first-order chi connectivity index (χ1) is 12.1. The third kappa shape index (κ3) is 7.26. The number of ether oxygens (including phenoxy) is 3. The molecule has 1 rings (SSSR count). The van der Waals surface area contributed by atoms with Gasteiger partial charge in [0.1, 0.15) is 5.75 Å². The van der Waals surface area contributed by atoms with Crippen molar-refractivity contribution < 1.29 is 14.2 Å². The molecule has 0 aliphatic heterocycles. The zero-order valence-electron chi connectivity index (χ0n) is 18.1. The van der Waals surface area contributed by atoms with Crippen LogP contribution < -0.4 is 10.1 Å². The molecule has 0 fully saturated rings. The standard InChI is InChI=1S/C22H39NO3/c1-21(2,3)18-14-17(10-9-11-23-7)15-19(22(4,5)6)20(18)26-16-25-13-12-24-8/h14-15,23H,9-13,16H2,1-8H3. The van der Waals surface area contributed by atoms with Gasteiger partial charge in [0.25, 0.3) is 0 Å². The van der Waals surface area contributed by atoms with E-state index in [4.69, 9.17) is 14.2 Å². The molecule has 0 amide bonds. The van der Waals surface area contributed by atoms with E-state index in [2.05, 4.69) is 59.0 Å². The predicted molar refractivity (Wildman–Crippen MR) is 109 cm³/mol. The normalized spacial score (nSPS) is 12.5. The summed E-state index contributed by atoms with van der Waals surface area (Å²) in [5, 5.41) is 3.23. The Kier molecular flexibility index (Phi) is 9.08. The van der Waals surface area contributed by atoms with Crippen molar-refractivity contribution in [3.8, 4) is 5.75 Å². The highest BCUT2D eigenvalue weighted by atomic mass is 16.7. The minimum absolute atomic E-state index is 0.000872. The molecule has 0 spiro atoms. The summed E-state index contributed by atoms with van der Waals surface area (Å²) in [6, 6.07) is 4.63. The third-order valence-electron chi connectivity index (χ3n) is 4.38. The van der Waals surface area contributed by atoms with E-state index in [0.717, 1.165) is 25.1 Å². The van der Waals surface area contributed by atoms with Crippen LogP contribution in [0, 0.1) is 0 Å². The maximum Gasteiger partial charge on any atom is 0.189 e. The molecule has 150 valence electrons. The van der Waals surface area contributed by atoms with Crippen LogP contribution in [0.25, 0.3) is 0 Å². The van der Waals surface area contributed by atoms with Crippen LogP contribution in [0.15, 0.2) is 12.1 Å². The van der Waals surface area contributed by atoms with E-state index in [0.29, 0.717) is 13.2 Å². The Morgan fingerprint density at radius 1 is 0.923 bits per heavy atom. The van der Waals surface area contributed by atoms with Gasteiger partial charge >= 0.3 is 0 Å². The molecule has 4 nitrogen and oxygen atoms in total. The van der Waals surface area contributed by atoms with Gasteiger partial charge in [-0.25, -0.2) is 0 Å². The van der Waals surface area contributed by atoms with Gasteiger partial charge in [-0.2, -0.15) is 0 Å². The number of rotatable bonds is 10. The Labute approximate surface area is 160 Å². The van der Waals surface area contributed by atoms with E-state index in [1.54, 1.807) is 7.11 Å². The first-order valence-electron chi connectivity index (χ1n) is 9.63. The van der Waals surface area contributed by atoms with E-state index >= 15 is 0 Å². The second-order valence-electron chi connectivity index (χ2n) is 8.89. The number of nitrogens with one attached hydrogen (secondary N) is 1. The van der Waals surface area contributed by atoms with Crippen molar-refractivity contribution in [3.63, 3.8) is 0 Å². The van der Waals surface area contributed by atoms with Crippen molar-refractivity contribution >= 4 is 0 Å². The predicted octanol–water partition coefficient (Wildman–Crippen LogP) is 4.43. The van der Waals surface area contributed by atoms with Crippen molar-refractivity contribution in [1.82, 2.24) is 5.32 Å². The van der Waals surface area contributed by atoms with Crippen LogP contribution in [0.4, 0.5) is 0 Å². The Morgan fingerprint density at radius 2 is 1.50 bits per heavy atom. The number of hydrogen-bond acceptors (Lipinski definition) is 4. The van der Waals surface area contributed by atoms with Crippen LogP contribution in [0.3, 0.4) is 0 Å². The summed E-state index contributed by atoms with van der Waals surface area (Å²) in [6.45, 7) is 15.8. The van der Waals surface area contributed by atoms with E-state index in [-0.39, 0.29) is 17.6 Å². The summed E-state index contributed by atoms with van der Waals surface area (Å²) in [5.41, 5.74) is 3.88. The topological polar surface area (TPSA) is 39.7 Å². The molecular weight excluding hydrogens is 326 g/mol. The molecule has 0 radical (unpaired) electrons. The number of benzene rings is 1. The van der Waals surface area contributed by atoms with Gasteiger partial charge in [-0.3, -0.25) is 0 Å². The molecule has 0 aliphatic rings. The zero-order chi connectivity index (χ0) is 19.8. The lowest BCUT2D eigenvalue weighted by Crippen LogP contribution is -2.21. The van der Waals surface area contributed by atoms with Crippen LogP contribution in [0.2, 0.25) is 0 Å². The SMILES string of the molecule is CNCCCc1cc(C(C)(C)C)c(OCOCCOC)c(C(C)(C)C)c1. The summed E-state index contributed by atoms with van der Waals surface area (Å²) < 4.78 is 16.8. The van der Waals surface area contributed by atoms with Crippen molar-refractivity contribution in [2.24, 2.45) is 0 Å². The summed E-state index contributed by atoms with van der Waals surface area (Å²) >= 11 is 0. The smallest absolute Gasteiger partial charge is 0.189 e. The minimum Gasteiger partial charge on any atom is -0.467 e. The minimum atomic E-state index is 0.000872. The van der Waals surface area contributed by atoms with Gasteiger partial charge in [0.2, 0.25) is 0 Å². The van der Waals surface area contributed by atoms with Crippen molar-refractivity contribution in [1.29, 1.82) is 0 Å². The molecule has 0 bridgehead atoms. The highest BCUT2D eigenvalue weighted by Gasteiger charge is 2.27. The van der Waals surface area contributed by atoms with Crippen LogP contribution in [0.1, 0.15) is 64.7 Å². The number of methoxy groups -OCH3 is 1. The Balaban J connectivity index is 3.20. The highest BCUT2D eigenvalue weighted by Crippen LogP contribution is 2.41. The maximum atomic E-state index is 6.16. The fourth-order valence-electron chi connectivity index (χ4n) is 2.87. The molecule has 0 aromatic heterocycles. The summed E-state index contributed by atoms with van der Waals surface area (Å²) in [7, 11) is 3.67.